The SMILES string of the molecule is CNC1(c2ccnc(Nc3cc4cc(/C(=C/N)N(C)N)nc(N)c4cn3)c2)CCCC1. The van der Waals surface area contributed by atoms with Gasteiger partial charge in [-0.3, -0.25) is 0 Å². The van der Waals surface area contributed by atoms with Crippen LogP contribution in [0.1, 0.15) is 36.9 Å². The minimum atomic E-state index is 0.0183. The number of aromatic nitrogens is 3. The third-order valence-electron chi connectivity index (χ3n) is 6.05. The van der Waals surface area contributed by atoms with Gasteiger partial charge < -0.3 is 27.1 Å². The maximum atomic E-state index is 6.15. The van der Waals surface area contributed by atoms with Crippen LogP contribution in [0, 0.1) is 0 Å². The number of nitrogens with zero attached hydrogens (tertiary/aromatic N) is 4. The Balaban J connectivity index is 1.67. The molecular formula is C22H29N9. The second kappa shape index (κ2) is 8.37. The Hall–Kier alpha value is -3.43. The van der Waals surface area contributed by atoms with E-state index in [0.29, 0.717) is 23.0 Å². The Morgan fingerprint density at radius 1 is 1.16 bits per heavy atom. The van der Waals surface area contributed by atoms with Crippen LogP contribution in [0.25, 0.3) is 16.5 Å². The zero-order chi connectivity index (χ0) is 22.0. The molecule has 0 aliphatic heterocycles. The van der Waals surface area contributed by atoms with Gasteiger partial charge in [-0.1, -0.05) is 12.8 Å². The molecule has 1 saturated carbocycles. The first-order chi connectivity index (χ1) is 15.0. The van der Waals surface area contributed by atoms with E-state index < -0.39 is 0 Å². The van der Waals surface area contributed by atoms with Crippen molar-refractivity contribution in [3.8, 4) is 0 Å². The molecule has 0 saturated heterocycles. The number of fused-ring (bicyclic) bond motifs is 1. The highest BCUT2D eigenvalue weighted by Crippen LogP contribution is 2.39. The number of hydrazine groups is 1. The lowest BCUT2D eigenvalue weighted by Crippen LogP contribution is -2.37. The molecule has 1 aliphatic carbocycles. The third-order valence-corrected chi connectivity index (χ3v) is 6.05. The van der Waals surface area contributed by atoms with Crippen molar-refractivity contribution in [2.45, 2.75) is 31.2 Å². The maximum absolute atomic E-state index is 6.15. The van der Waals surface area contributed by atoms with Crippen molar-refractivity contribution >= 4 is 33.9 Å². The molecule has 9 nitrogen and oxygen atoms in total. The van der Waals surface area contributed by atoms with E-state index in [0.717, 1.165) is 29.4 Å². The van der Waals surface area contributed by atoms with Crippen LogP contribution < -0.4 is 27.9 Å². The van der Waals surface area contributed by atoms with Crippen molar-refractivity contribution in [1.29, 1.82) is 0 Å². The van der Waals surface area contributed by atoms with Gasteiger partial charge in [-0.15, -0.1) is 0 Å². The molecule has 8 N–H and O–H groups in total. The molecule has 0 radical (unpaired) electrons. The maximum Gasteiger partial charge on any atom is 0.133 e. The second-order valence-corrected chi connectivity index (χ2v) is 7.94. The lowest BCUT2D eigenvalue weighted by atomic mass is 9.89. The van der Waals surface area contributed by atoms with Crippen molar-refractivity contribution in [2.75, 3.05) is 25.1 Å². The molecule has 1 aliphatic rings. The number of nitrogen functional groups attached to an aromatic ring is 1. The van der Waals surface area contributed by atoms with Gasteiger partial charge >= 0.3 is 0 Å². The fourth-order valence-corrected chi connectivity index (χ4v) is 4.35. The summed E-state index contributed by atoms with van der Waals surface area (Å²) in [7, 11) is 3.73. The van der Waals surface area contributed by atoms with Gasteiger partial charge in [-0.05, 0) is 55.1 Å². The van der Waals surface area contributed by atoms with E-state index in [1.165, 1.54) is 29.6 Å². The Morgan fingerprint density at radius 2 is 1.90 bits per heavy atom. The Labute approximate surface area is 181 Å². The second-order valence-electron chi connectivity index (χ2n) is 7.94. The average Bonchev–Trinajstić information content (AvgIpc) is 3.24. The molecule has 0 bridgehead atoms. The van der Waals surface area contributed by atoms with E-state index in [2.05, 4.69) is 37.7 Å². The summed E-state index contributed by atoms with van der Waals surface area (Å²) in [6.07, 6.45) is 9.67. The number of rotatable bonds is 6. The highest BCUT2D eigenvalue weighted by molar-refractivity contribution is 5.93. The lowest BCUT2D eigenvalue weighted by Gasteiger charge is -2.29. The standard InChI is InChI=1S/C22H29N9/c1-26-22(6-3-4-7-22)15-5-8-27-20(11-15)30-19-10-14-9-17(18(12-23)31(2)25)29-21(24)16(14)13-28-19/h5,8-13,26H,3-4,6-7,23,25H2,1-2H3,(H2,24,29)(H,27,28,30)/b18-12-. The minimum Gasteiger partial charge on any atom is -0.403 e. The number of anilines is 3. The molecule has 0 amide bonds. The van der Waals surface area contributed by atoms with Crippen LogP contribution in [-0.2, 0) is 5.54 Å². The summed E-state index contributed by atoms with van der Waals surface area (Å²) in [5, 5.41) is 9.88. The van der Waals surface area contributed by atoms with E-state index in [4.69, 9.17) is 17.3 Å². The molecule has 0 unspecified atom stereocenters. The first-order valence-electron chi connectivity index (χ1n) is 10.4. The van der Waals surface area contributed by atoms with Gasteiger partial charge in [0.05, 0.1) is 11.4 Å². The summed E-state index contributed by atoms with van der Waals surface area (Å²) in [6, 6.07) is 7.99. The van der Waals surface area contributed by atoms with Gasteiger partial charge in [-0.25, -0.2) is 20.8 Å². The Bertz CT molecular complexity index is 1120. The largest absolute Gasteiger partial charge is 0.403 e. The molecule has 3 aromatic heterocycles. The molecule has 0 spiro atoms. The summed E-state index contributed by atoms with van der Waals surface area (Å²) in [4.78, 5) is 13.4. The normalized spacial score (nSPS) is 15.9. The predicted octanol–water partition coefficient (Wildman–Crippen LogP) is 2.40. The van der Waals surface area contributed by atoms with Crippen LogP contribution in [0.15, 0.2) is 42.9 Å². The number of nitrogens with two attached hydrogens (primary N) is 3. The summed E-state index contributed by atoms with van der Waals surface area (Å²) in [6.45, 7) is 0. The van der Waals surface area contributed by atoms with Crippen molar-refractivity contribution in [2.24, 2.45) is 11.6 Å². The number of pyridine rings is 3. The first-order valence-corrected chi connectivity index (χ1v) is 10.4. The third kappa shape index (κ3) is 3.97. The van der Waals surface area contributed by atoms with Crippen LogP contribution in [0.4, 0.5) is 17.5 Å². The molecule has 0 aromatic carbocycles. The van der Waals surface area contributed by atoms with Gasteiger partial charge in [0.1, 0.15) is 17.5 Å². The first kappa shape index (κ1) is 20.8. The van der Waals surface area contributed by atoms with Crippen molar-refractivity contribution < 1.29 is 0 Å². The van der Waals surface area contributed by atoms with Crippen molar-refractivity contribution in [3.63, 3.8) is 0 Å². The van der Waals surface area contributed by atoms with Crippen LogP contribution in [0.3, 0.4) is 0 Å². The Kier molecular flexibility index (Phi) is 5.62. The molecule has 3 aromatic rings. The summed E-state index contributed by atoms with van der Waals surface area (Å²) >= 11 is 0. The highest BCUT2D eigenvalue weighted by Gasteiger charge is 2.34. The lowest BCUT2D eigenvalue weighted by molar-refractivity contribution is 0.372. The van der Waals surface area contributed by atoms with Gasteiger partial charge in [0.25, 0.3) is 0 Å². The van der Waals surface area contributed by atoms with E-state index in [1.54, 1.807) is 13.2 Å². The van der Waals surface area contributed by atoms with Gasteiger partial charge in [0, 0.05) is 36.6 Å². The van der Waals surface area contributed by atoms with E-state index in [9.17, 15) is 0 Å². The zero-order valence-electron chi connectivity index (χ0n) is 17.9. The average molecular weight is 420 g/mol. The molecule has 4 rings (SSSR count). The van der Waals surface area contributed by atoms with Crippen molar-refractivity contribution in [3.05, 3.63) is 54.1 Å². The minimum absolute atomic E-state index is 0.0183. The van der Waals surface area contributed by atoms with Gasteiger partial charge in [0.15, 0.2) is 0 Å². The summed E-state index contributed by atoms with van der Waals surface area (Å²) < 4.78 is 0. The van der Waals surface area contributed by atoms with Crippen LogP contribution in [0.2, 0.25) is 0 Å². The number of nitrogens with one attached hydrogen (secondary N) is 2. The van der Waals surface area contributed by atoms with Crippen LogP contribution >= 0.6 is 0 Å². The summed E-state index contributed by atoms with van der Waals surface area (Å²) in [5.41, 5.74) is 14.3. The van der Waals surface area contributed by atoms with E-state index >= 15 is 0 Å². The van der Waals surface area contributed by atoms with Crippen LogP contribution in [0.5, 0.6) is 0 Å². The zero-order valence-corrected chi connectivity index (χ0v) is 17.9. The van der Waals surface area contributed by atoms with Crippen LogP contribution in [-0.4, -0.2) is 34.1 Å². The van der Waals surface area contributed by atoms with Gasteiger partial charge in [0.2, 0.25) is 0 Å². The molecule has 0 atom stereocenters. The topological polar surface area (TPSA) is 144 Å². The summed E-state index contributed by atoms with van der Waals surface area (Å²) in [5.74, 6) is 7.64. The fourth-order valence-electron chi connectivity index (χ4n) is 4.35. The molecule has 162 valence electrons. The smallest absolute Gasteiger partial charge is 0.133 e. The van der Waals surface area contributed by atoms with E-state index in [-0.39, 0.29) is 5.54 Å². The van der Waals surface area contributed by atoms with E-state index in [1.807, 2.05) is 25.4 Å². The monoisotopic (exact) mass is 419 g/mol. The number of hydrogen-bond acceptors (Lipinski definition) is 9. The Morgan fingerprint density at radius 3 is 2.58 bits per heavy atom. The molecule has 3 heterocycles. The fraction of sp³-hybridized carbons (Fsp3) is 0.318. The highest BCUT2D eigenvalue weighted by atomic mass is 15.4. The molecular weight excluding hydrogens is 390 g/mol. The van der Waals surface area contributed by atoms with Gasteiger partial charge in [-0.2, -0.15) is 0 Å². The molecule has 1 fully saturated rings. The molecule has 9 heteroatoms. The molecule has 31 heavy (non-hydrogen) atoms. The number of hydrogen-bond donors (Lipinski definition) is 5. The quantitative estimate of drug-likeness (QED) is 0.300. The van der Waals surface area contributed by atoms with Crippen molar-refractivity contribution in [1.82, 2.24) is 25.3 Å². The predicted molar refractivity (Wildman–Crippen MR) is 125 cm³/mol.